The minimum absolute atomic E-state index is 0.346. The number of hydrogen-bond acceptors (Lipinski definition) is 2. The van der Waals surface area contributed by atoms with Crippen LogP contribution in [-0.2, 0) is 0 Å². The lowest BCUT2D eigenvalue weighted by Gasteiger charge is -2.08. The lowest BCUT2D eigenvalue weighted by Crippen LogP contribution is -2.00. The van der Waals surface area contributed by atoms with E-state index in [0.29, 0.717) is 28.8 Å². The number of benzene rings is 1. The van der Waals surface area contributed by atoms with Crippen molar-refractivity contribution in [3.05, 3.63) is 28.3 Å². The highest BCUT2D eigenvalue weighted by Gasteiger charge is 2.09. The molecule has 0 heterocycles. The van der Waals surface area contributed by atoms with Gasteiger partial charge in [0.15, 0.2) is 5.75 Å². The van der Waals surface area contributed by atoms with Gasteiger partial charge in [-0.3, -0.25) is 0 Å². The summed E-state index contributed by atoms with van der Waals surface area (Å²) in [5.41, 5.74) is 1.38. The third kappa shape index (κ3) is 2.54. The predicted octanol–water partition coefficient (Wildman–Crippen LogP) is 3.14. The van der Waals surface area contributed by atoms with E-state index >= 15 is 0 Å². The zero-order valence-electron chi connectivity index (χ0n) is 7.68. The molecule has 0 fully saturated rings. The monoisotopic (exact) mass is 229 g/mol. The lowest BCUT2D eigenvalue weighted by molar-refractivity contribution is 0.342. The number of nitrogens with zero attached hydrogens (tertiary/aromatic N) is 1. The number of halogens is 2. The van der Waals surface area contributed by atoms with E-state index in [4.69, 9.17) is 33.2 Å². The maximum atomic E-state index is 8.85. The Balaban J connectivity index is 3.07. The van der Waals surface area contributed by atoms with Gasteiger partial charge in [0.1, 0.15) is 12.7 Å². The van der Waals surface area contributed by atoms with Crippen molar-refractivity contribution in [2.75, 3.05) is 12.5 Å². The van der Waals surface area contributed by atoms with E-state index in [0.717, 1.165) is 5.56 Å². The summed E-state index contributed by atoms with van der Waals surface area (Å²) >= 11 is 11.4. The van der Waals surface area contributed by atoms with Gasteiger partial charge in [0.2, 0.25) is 0 Å². The van der Waals surface area contributed by atoms with Crippen LogP contribution in [0.2, 0.25) is 5.02 Å². The number of nitriles is 1. The van der Waals surface area contributed by atoms with Gasteiger partial charge >= 0.3 is 0 Å². The molecule has 4 heteroatoms. The van der Waals surface area contributed by atoms with Gasteiger partial charge < -0.3 is 4.74 Å². The second kappa shape index (κ2) is 5.09. The topological polar surface area (TPSA) is 33.0 Å². The normalized spacial score (nSPS) is 9.57. The lowest BCUT2D eigenvalue weighted by atomic mass is 10.1. The molecule has 0 N–H and O–H groups in total. The first-order valence-corrected chi connectivity index (χ1v) is 4.99. The third-order valence-electron chi connectivity index (χ3n) is 1.63. The maximum absolute atomic E-state index is 8.85. The minimum Gasteiger partial charge on any atom is -0.489 e. The quantitative estimate of drug-likeness (QED) is 0.747. The third-order valence-corrected chi connectivity index (χ3v) is 2.07. The van der Waals surface area contributed by atoms with Crippen LogP contribution in [0.4, 0.5) is 0 Å². The van der Waals surface area contributed by atoms with Crippen molar-refractivity contribution in [2.24, 2.45) is 0 Å². The summed E-state index contributed by atoms with van der Waals surface area (Å²) in [6.45, 7) is 2.22. The van der Waals surface area contributed by atoms with Gasteiger partial charge in [0.05, 0.1) is 16.5 Å². The summed E-state index contributed by atoms with van der Waals surface area (Å²) in [5.74, 6) is 0.787. The minimum atomic E-state index is 0.346. The molecule has 0 saturated heterocycles. The molecule has 2 nitrogen and oxygen atoms in total. The Morgan fingerprint density at radius 1 is 1.50 bits per heavy atom. The molecule has 14 heavy (non-hydrogen) atoms. The molecular weight excluding hydrogens is 221 g/mol. The fourth-order valence-electron chi connectivity index (χ4n) is 1.10. The van der Waals surface area contributed by atoms with E-state index in [9.17, 15) is 0 Å². The van der Waals surface area contributed by atoms with Gasteiger partial charge in [-0.05, 0) is 24.6 Å². The summed E-state index contributed by atoms with van der Waals surface area (Å²) in [7, 11) is 0. The van der Waals surface area contributed by atoms with Gasteiger partial charge in [-0.1, -0.05) is 11.6 Å². The second-order valence-electron chi connectivity index (χ2n) is 2.77. The summed E-state index contributed by atoms with van der Waals surface area (Å²) < 4.78 is 5.28. The molecule has 0 amide bonds. The SMILES string of the molecule is Cc1cc(Cl)c(OCCCl)c(C#N)c1. The Labute approximate surface area is 93.0 Å². The van der Waals surface area contributed by atoms with Crippen molar-refractivity contribution in [1.82, 2.24) is 0 Å². The molecule has 1 aromatic rings. The number of alkyl halides is 1. The van der Waals surface area contributed by atoms with E-state index in [1.807, 2.05) is 13.0 Å². The Hall–Kier alpha value is -0.910. The standard InChI is InChI=1S/C10H9Cl2NO/c1-7-4-8(6-13)10(9(12)5-7)14-3-2-11/h4-5H,2-3H2,1H3. The van der Waals surface area contributed by atoms with Gasteiger partial charge in [-0.25, -0.2) is 0 Å². The molecule has 0 bridgehead atoms. The molecular formula is C10H9Cl2NO. The van der Waals surface area contributed by atoms with Crippen LogP contribution in [0.25, 0.3) is 0 Å². The first-order valence-electron chi connectivity index (χ1n) is 4.08. The van der Waals surface area contributed by atoms with E-state index in [2.05, 4.69) is 0 Å². The van der Waals surface area contributed by atoms with E-state index < -0.39 is 0 Å². The summed E-state index contributed by atoms with van der Waals surface area (Å²) in [5, 5.41) is 9.30. The average Bonchev–Trinajstić information content (AvgIpc) is 2.15. The van der Waals surface area contributed by atoms with Crippen molar-refractivity contribution in [3.8, 4) is 11.8 Å². The number of ether oxygens (including phenoxy) is 1. The Morgan fingerprint density at radius 3 is 2.79 bits per heavy atom. The smallest absolute Gasteiger partial charge is 0.155 e. The highest BCUT2D eigenvalue weighted by atomic mass is 35.5. The molecule has 1 aromatic carbocycles. The fourth-order valence-corrected chi connectivity index (χ4v) is 1.50. The van der Waals surface area contributed by atoms with Gasteiger partial charge in [0.25, 0.3) is 0 Å². The van der Waals surface area contributed by atoms with Crippen molar-refractivity contribution < 1.29 is 4.74 Å². The number of aryl methyl sites for hydroxylation is 1. The van der Waals surface area contributed by atoms with Crippen LogP contribution in [0, 0.1) is 18.3 Å². The van der Waals surface area contributed by atoms with Crippen molar-refractivity contribution >= 4 is 23.2 Å². The molecule has 74 valence electrons. The number of hydrogen-bond donors (Lipinski definition) is 0. The molecule has 0 atom stereocenters. The molecule has 0 radical (unpaired) electrons. The summed E-state index contributed by atoms with van der Waals surface area (Å²) in [6, 6.07) is 5.52. The first-order chi connectivity index (χ1) is 6.69. The molecule has 0 saturated carbocycles. The zero-order valence-corrected chi connectivity index (χ0v) is 9.19. The highest BCUT2D eigenvalue weighted by Crippen LogP contribution is 2.29. The van der Waals surface area contributed by atoms with E-state index in [1.165, 1.54) is 0 Å². The Morgan fingerprint density at radius 2 is 2.21 bits per heavy atom. The average molecular weight is 230 g/mol. The first kappa shape index (κ1) is 11.2. The maximum Gasteiger partial charge on any atom is 0.155 e. The van der Waals surface area contributed by atoms with Gasteiger partial charge in [-0.2, -0.15) is 5.26 Å². The van der Waals surface area contributed by atoms with Crippen molar-refractivity contribution in [1.29, 1.82) is 5.26 Å². The summed E-state index contributed by atoms with van der Waals surface area (Å²) in [4.78, 5) is 0. The van der Waals surface area contributed by atoms with Gasteiger partial charge in [0, 0.05) is 0 Å². The molecule has 1 rings (SSSR count). The number of rotatable bonds is 3. The van der Waals surface area contributed by atoms with Crippen LogP contribution in [-0.4, -0.2) is 12.5 Å². The van der Waals surface area contributed by atoms with Crippen LogP contribution >= 0.6 is 23.2 Å². The second-order valence-corrected chi connectivity index (χ2v) is 3.56. The van der Waals surface area contributed by atoms with Crippen LogP contribution < -0.4 is 4.74 Å². The van der Waals surface area contributed by atoms with E-state index in [1.54, 1.807) is 12.1 Å². The molecule has 0 aliphatic heterocycles. The van der Waals surface area contributed by atoms with Crippen molar-refractivity contribution in [3.63, 3.8) is 0 Å². The van der Waals surface area contributed by atoms with Crippen molar-refractivity contribution in [2.45, 2.75) is 6.92 Å². The van der Waals surface area contributed by atoms with Gasteiger partial charge in [-0.15, -0.1) is 11.6 Å². The molecule has 0 unspecified atom stereocenters. The van der Waals surface area contributed by atoms with Crippen LogP contribution in [0.1, 0.15) is 11.1 Å². The Bertz CT molecular complexity index is 371. The van der Waals surface area contributed by atoms with Crippen LogP contribution in [0.5, 0.6) is 5.75 Å². The van der Waals surface area contributed by atoms with Crippen LogP contribution in [0.3, 0.4) is 0 Å². The Kier molecular flexibility index (Phi) is 4.06. The fraction of sp³-hybridized carbons (Fsp3) is 0.300. The molecule has 0 aromatic heterocycles. The molecule has 0 spiro atoms. The summed E-state index contributed by atoms with van der Waals surface area (Å²) in [6.07, 6.45) is 0. The molecule has 0 aliphatic carbocycles. The largest absolute Gasteiger partial charge is 0.489 e. The highest BCUT2D eigenvalue weighted by molar-refractivity contribution is 6.32. The molecule has 0 aliphatic rings. The van der Waals surface area contributed by atoms with E-state index in [-0.39, 0.29) is 0 Å². The predicted molar refractivity (Wildman–Crippen MR) is 57.1 cm³/mol. The van der Waals surface area contributed by atoms with Crippen LogP contribution in [0.15, 0.2) is 12.1 Å². The zero-order chi connectivity index (χ0) is 10.6.